The van der Waals surface area contributed by atoms with E-state index in [2.05, 4.69) is 15.5 Å². The molecule has 1 amide bonds. The molecule has 2 N–H and O–H groups in total. The SMILES string of the molecule is CCOC(=O)c1c(C)[nH]c(C(=O)NN=Cc2ccc(N(C)C)cc2)c1C. The summed E-state index contributed by atoms with van der Waals surface area (Å²) in [4.78, 5) is 29.2. The van der Waals surface area contributed by atoms with Gasteiger partial charge in [-0.05, 0) is 44.0 Å². The third kappa shape index (κ3) is 4.30. The highest BCUT2D eigenvalue weighted by Crippen LogP contribution is 2.19. The highest BCUT2D eigenvalue weighted by molar-refractivity contribution is 6.00. The lowest BCUT2D eigenvalue weighted by Gasteiger charge is -2.11. The molecule has 0 saturated carbocycles. The lowest BCUT2D eigenvalue weighted by molar-refractivity contribution is 0.0525. The molecule has 0 unspecified atom stereocenters. The first-order chi connectivity index (χ1) is 12.3. The number of hydrazone groups is 1. The van der Waals surface area contributed by atoms with Gasteiger partial charge in [0.1, 0.15) is 5.69 Å². The van der Waals surface area contributed by atoms with E-state index in [4.69, 9.17) is 4.74 Å². The monoisotopic (exact) mass is 356 g/mol. The van der Waals surface area contributed by atoms with Crippen molar-refractivity contribution in [3.05, 3.63) is 52.3 Å². The van der Waals surface area contributed by atoms with E-state index in [1.165, 1.54) is 0 Å². The quantitative estimate of drug-likeness (QED) is 0.473. The van der Waals surface area contributed by atoms with Crippen LogP contribution < -0.4 is 10.3 Å². The Morgan fingerprint density at radius 3 is 2.46 bits per heavy atom. The molecule has 0 spiro atoms. The summed E-state index contributed by atoms with van der Waals surface area (Å²) in [5.41, 5.74) is 6.24. The van der Waals surface area contributed by atoms with Crippen molar-refractivity contribution in [2.45, 2.75) is 20.8 Å². The molecule has 0 aliphatic heterocycles. The number of amides is 1. The number of carbonyl (C=O) groups excluding carboxylic acids is 2. The topological polar surface area (TPSA) is 86.8 Å². The molecular formula is C19H24N4O3. The van der Waals surface area contributed by atoms with Gasteiger partial charge in [0.25, 0.3) is 5.91 Å². The minimum absolute atomic E-state index is 0.279. The molecular weight excluding hydrogens is 332 g/mol. The number of benzene rings is 1. The number of carbonyl (C=O) groups is 2. The molecule has 1 heterocycles. The van der Waals surface area contributed by atoms with Crippen LogP contribution in [0.2, 0.25) is 0 Å². The number of hydrogen-bond donors (Lipinski definition) is 2. The third-order valence-corrected chi connectivity index (χ3v) is 3.93. The summed E-state index contributed by atoms with van der Waals surface area (Å²) in [6.07, 6.45) is 1.56. The fourth-order valence-electron chi connectivity index (χ4n) is 2.57. The molecule has 2 rings (SSSR count). The Morgan fingerprint density at radius 1 is 1.23 bits per heavy atom. The number of esters is 1. The second kappa shape index (κ2) is 8.33. The van der Waals surface area contributed by atoms with Crippen LogP contribution >= 0.6 is 0 Å². The maximum Gasteiger partial charge on any atom is 0.340 e. The summed E-state index contributed by atoms with van der Waals surface area (Å²) >= 11 is 0. The van der Waals surface area contributed by atoms with E-state index in [9.17, 15) is 9.59 Å². The van der Waals surface area contributed by atoms with Gasteiger partial charge in [-0.25, -0.2) is 10.2 Å². The Kier molecular flexibility index (Phi) is 6.16. The fraction of sp³-hybridized carbons (Fsp3) is 0.316. The maximum atomic E-state index is 12.3. The van der Waals surface area contributed by atoms with Gasteiger partial charge in [0.15, 0.2) is 0 Å². The van der Waals surface area contributed by atoms with E-state index in [1.807, 2.05) is 43.3 Å². The van der Waals surface area contributed by atoms with Crippen molar-refractivity contribution in [3.63, 3.8) is 0 Å². The van der Waals surface area contributed by atoms with Crippen LogP contribution in [0, 0.1) is 13.8 Å². The zero-order chi connectivity index (χ0) is 19.3. The number of anilines is 1. The fourth-order valence-corrected chi connectivity index (χ4v) is 2.57. The van der Waals surface area contributed by atoms with Crippen LogP contribution in [0.25, 0.3) is 0 Å². The zero-order valence-electron chi connectivity index (χ0n) is 15.7. The van der Waals surface area contributed by atoms with Gasteiger partial charge in [0.2, 0.25) is 0 Å². The second-order valence-corrected chi connectivity index (χ2v) is 6.03. The smallest absolute Gasteiger partial charge is 0.340 e. The molecule has 26 heavy (non-hydrogen) atoms. The predicted octanol–water partition coefficient (Wildman–Crippen LogP) is 2.64. The number of ether oxygens (including phenoxy) is 1. The number of aromatic amines is 1. The second-order valence-electron chi connectivity index (χ2n) is 6.03. The molecule has 7 heteroatoms. The maximum absolute atomic E-state index is 12.3. The molecule has 0 aliphatic carbocycles. The van der Waals surface area contributed by atoms with Gasteiger partial charge in [0.05, 0.1) is 18.4 Å². The van der Waals surface area contributed by atoms with Crippen molar-refractivity contribution >= 4 is 23.8 Å². The summed E-state index contributed by atoms with van der Waals surface area (Å²) < 4.78 is 5.02. The summed E-state index contributed by atoms with van der Waals surface area (Å²) in [6.45, 7) is 5.45. The highest BCUT2D eigenvalue weighted by Gasteiger charge is 2.22. The molecule has 7 nitrogen and oxygen atoms in total. The molecule has 1 aromatic carbocycles. The van der Waals surface area contributed by atoms with Crippen LogP contribution in [0.5, 0.6) is 0 Å². The molecule has 0 atom stereocenters. The van der Waals surface area contributed by atoms with Crippen molar-refractivity contribution < 1.29 is 14.3 Å². The highest BCUT2D eigenvalue weighted by atomic mass is 16.5. The summed E-state index contributed by atoms with van der Waals surface area (Å²) in [5.74, 6) is -0.857. The largest absolute Gasteiger partial charge is 0.462 e. The summed E-state index contributed by atoms with van der Waals surface area (Å²) in [7, 11) is 3.93. The minimum Gasteiger partial charge on any atom is -0.462 e. The molecule has 1 aromatic heterocycles. The lowest BCUT2D eigenvalue weighted by Crippen LogP contribution is -2.19. The Labute approximate surface area is 153 Å². The van der Waals surface area contributed by atoms with E-state index < -0.39 is 11.9 Å². The van der Waals surface area contributed by atoms with Gasteiger partial charge in [-0.3, -0.25) is 4.79 Å². The Morgan fingerprint density at radius 2 is 1.88 bits per heavy atom. The molecule has 0 fully saturated rings. The van der Waals surface area contributed by atoms with Crippen molar-refractivity contribution in [3.8, 4) is 0 Å². The van der Waals surface area contributed by atoms with Gasteiger partial charge in [0, 0.05) is 25.5 Å². The Bertz CT molecular complexity index is 820. The number of nitrogens with zero attached hydrogens (tertiary/aromatic N) is 2. The molecule has 0 bridgehead atoms. The first-order valence-electron chi connectivity index (χ1n) is 8.32. The van der Waals surface area contributed by atoms with Crippen molar-refractivity contribution in [2.75, 3.05) is 25.6 Å². The molecule has 0 aliphatic rings. The van der Waals surface area contributed by atoms with Crippen LogP contribution in [0.15, 0.2) is 29.4 Å². The first kappa shape index (κ1) is 19.2. The average Bonchev–Trinajstić information content (AvgIpc) is 2.90. The van der Waals surface area contributed by atoms with Crippen LogP contribution in [0.3, 0.4) is 0 Å². The first-order valence-corrected chi connectivity index (χ1v) is 8.32. The van der Waals surface area contributed by atoms with Crippen LogP contribution in [0.1, 0.15) is 44.6 Å². The van der Waals surface area contributed by atoms with Gasteiger partial charge in [-0.2, -0.15) is 5.10 Å². The molecule has 0 radical (unpaired) electrons. The van der Waals surface area contributed by atoms with E-state index in [1.54, 1.807) is 27.0 Å². The van der Waals surface area contributed by atoms with Gasteiger partial charge in [-0.15, -0.1) is 0 Å². The number of rotatable bonds is 6. The lowest BCUT2D eigenvalue weighted by atomic mass is 10.1. The Balaban J connectivity index is 2.08. The van der Waals surface area contributed by atoms with Crippen LogP contribution in [0.4, 0.5) is 5.69 Å². The van der Waals surface area contributed by atoms with Crippen molar-refractivity contribution in [2.24, 2.45) is 5.10 Å². The minimum atomic E-state index is -0.442. The van der Waals surface area contributed by atoms with E-state index >= 15 is 0 Å². The van der Waals surface area contributed by atoms with Crippen LogP contribution in [-0.2, 0) is 4.74 Å². The summed E-state index contributed by atoms with van der Waals surface area (Å²) in [5, 5.41) is 3.98. The van der Waals surface area contributed by atoms with Crippen molar-refractivity contribution in [1.29, 1.82) is 0 Å². The number of aromatic nitrogens is 1. The normalized spacial score (nSPS) is 10.8. The van der Waals surface area contributed by atoms with Crippen LogP contribution in [-0.4, -0.2) is 43.8 Å². The Hall–Kier alpha value is -3.09. The zero-order valence-corrected chi connectivity index (χ0v) is 15.7. The van der Waals surface area contributed by atoms with Gasteiger partial charge < -0.3 is 14.6 Å². The molecule has 0 saturated heterocycles. The number of aryl methyl sites for hydroxylation is 1. The molecule has 138 valence electrons. The number of H-pyrrole nitrogens is 1. The predicted molar refractivity (Wildman–Crippen MR) is 102 cm³/mol. The van der Waals surface area contributed by atoms with E-state index in [-0.39, 0.29) is 6.61 Å². The van der Waals surface area contributed by atoms with Crippen molar-refractivity contribution in [1.82, 2.24) is 10.4 Å². The number of hydrogen-bond acceptors (Lipinski definition) is 5. The van der Waals surface area contributed by atoms with Gasteiger partial charge in [-0.1, -0.05) is 12.1 Å². The summed E-state index contributed by atoms with van der Waals surface area (Å²) in [6, 6.07) is 7.75. The standard InChI is InChI=1S/C19H24N4O3/c1-6-26-19(25)16-12(2)17(21-13(16)3)18(24)22-20-11-14-7-9-15(10-8-14)23(4)5/h7-11,21H,6H2,1-5H3,(H,22,24). The number of nitrogens with one attached hydrogen (secondary N) is 2. The average molecular weight is 356 g/mol. The van der Waals surface area contributed by atoms with Gasteiger partial charge >= 0.3 is 5.97 Å². The van der Waals surface area contributed by atoms with E-state index in [0.717, 1.165) is 11.3 Å². The van der Waals surface area contributed by atoms with E-state index in [0.29, 0.717) is 22.5 Å². The third-order valence-electron chi connectivity index (χ3n) is 3.93. The molecule has 2 aromatic rings.